The first kappa shape index (κ1) is 14.4. The van der Waals surface area contributed by atoms with Crippen molar-refractivity contribution in [1.29, 1.82) is 0 Å². The molecule has 0 N–H and O–H groups in total. The quantitative estimate of drug-likeness (QED) is 0.607. The van der Waals surface area contributed by atoms with Crippen LogP contribution in [0, 0.1) is 6.92 Å². The van der Waals surface area contributed by atoms with Crippen molar-refractivity contribution < 1.29 is 17.9 Å². The molecule has 0 aromatic heterocycles. The van der Waals surface area contributed by atoms with Crippen molar-refractivity contribution in [3.63, 3.8) is 0 Å². The molecule has 0 spiro atoms. The van der Waals surface area contributed by atoms with Crippen LogP contribution >= 0.6 is 0 Å². The smallest absolute Gasteiger partial charge is 0.213 e. The zero-order valence-corrected chi connectivity index (χ0v) is 11.5. The molecule has 0 fully saturated rings. The molecule has 0 heterocycles. The Morgan fingerprint density at radius 1 is 1.28 bits per heavy atom. The minimum absolute atomic E-state index is 0.0919. The Morgan fingerprint density at radius 2 is 1.83 bits per heavy atom. The first-order valence-electron chi connectivity index (χ1n) is 5.54. The number of ether oxygens (including phenoxy) is 1. The zero-order chi connectivity index (χ0) is 13.8. The van der Waals surface area contributed by atoms with Gasteiger partial charge in [0.15, 0.2) is 5.78 Å². The lowest BCUT2D eigenvalue weighted by Gasteiger charge is -2.07. The van der Waals surface area contributed by atoms with Crippen LogP contribution in [0.3, 0.4) is 0 Å². The Balaban J connectivity index is 3.26. The summed E-state index contributed by atoms with van der Waals surface area (Å²) in [5.74, 6) is -0.538. The molecule has 0 amide bonds. The highest BCUT2D eigenvalue weighted by atomic mass is 32.2. The van der Waals surface area contributed by atoms with Gasteiger partial charge in [0.1, 0.15) is 11.2 Å². The van der Waals surface area contributed by atoms with E-state index in [0.717, 1.165) is 11.8 Å². The molecule has 0 bridgehead atoms. The van der Waals surface area contributed by atoms with E-state index in [-0.39, 0.29) is 9.80 Å². The minimum atomic E-state index is -3.80. The number of carbonyl (C=O) groups is 1. The van der Waals surface area contributed by atoms with Gasteiger partial charge in [0.05, 0.1) is 11.5 Å². The Morgan fingerprint density at radius 3 is 2.28 bits per heavy atom. The second-order valence-electron chi connectivity index (χ2n) is 3.81. The maximum atomic E-state index is 12.2. The Labute approximate surface area is 107 Å². The molecule has 18 heavy (non-hydrogen) atoms. The van der Waals surface area contributed by atoms with Gasteiger partial charge in [-0.25, -0.2) is 8.42 Å². The van der Waals surface area contributed by atoms with Crippen LogP contribution in [0.2, 0.25) is 0 Å². The van der Waals surface area contributed by atoms with Crippen LogP contribution in [-0.2, 0) is 19.4 Å². The molecule has 1 aromatic carbocycles. The van der Waals surface area contributed by atoms with Crippen LogP contribution in [-0.4, -0.2) is 20.8 Å². The van der Waals surface area contributed by atoms with Crippen molar-refractivity contribution in [2.24, 2.45) is 0 Å². The Hall–Kier alpha value is -1.62. The standard InChI is InChI=1S/C13H16O4S/c1-4-17-9-13(11(3)14)18(15,16)12-7-5-10(2)6-8-12/h5-9H,4H2,1-3H3/b13-9+. The summed E-state index contributed by atoms with van der Waals surface area (Å²) in [6.45, 7) is 5.09. The van der Waals surface area contributed by atoms with Gasteiger partial charge in [0.25, 0.3) is 0 Å². The number of hydrogen-bond donors (Lipinski definition) is 0. The average molecular weight is 268 g/mol. The largest absolute Gasteiger partial charge is 0.500 e. The van der Waals surface area contributed by atoms with Gasteiger partial charge in [0, 0.05) is 0 Å². The molecule has 0 aliphatic rings. The highest BCUT2D eigenvalue weighted by molar-refractivity contribution is 7.96. The van der Waals surface area contributed by atoms with E-state index in [1.807, 2.05) is 6.92 Å². The average Bonchev–Trinajstić information content (AvgIpc) is 2.29. The van der Waals surface area contributed by atoms with Crippen molar-refractivity contribution in [2.45, 2.75) is 25.7 Å². The number of aryl methyl sites for hydroxylation is 1. The summed E-state index contributed by atoms with van der Waals surface area (Å²) < 4.78 is 29.4. The summed E-state index contributed by atoms with van der Waals surface area (Å²) >= 11 is 0. The molecule has 0 aliphatic heterocycles. The van der Waals surface area contributed by atoms with E-state index >= 15 is 0 Å². The van der Waals surface area contributed by atoms with Gasteiger partial charge in [-0.05, 0) is 32.9 Å². The van der Waals surface area contributed by atoms with Crippen LogP contribution in [0.25, 0.3) is 0 Å². The van der Waals surface area contributed by atoms with Crippen LogP contribution in [0.15, 0.2) is 40.3 Å². The number of sulfone groups is 1. The third-order valence-electron chi connectivity index (χ3n) is 2.32. The van der Waals surface area contributed by atoms with E-state index in [2.05, 4.69) is 0 Å². The number of ketones is 1. The lowest BCUT2D eigenvalue weighted by atomic mass is 10.2. The van der Waals surface area contributed by atoms with Gasteiger partial charge in [0.2, 0.25) is 9.84 Å². The topological polar surface area (TPSA) is 60.4 Å². The molecule has 4 nitrogen and oxygen atoms in total. The minimum Gasteiger partial charge on any atom is -0.500 e. The molecule has 1 rings (SSSR count). The summed E-state index contributed by atoms with van der Waals surface area (Å²) in [5, 5.41) is 0. The predicted octanol–water partition coefficient (Wildman–Crippen LogP) is 2.24. The van der Waals surface area contributed by atoms with E-state index in [1.165, 1.54) is 19.1 Å². The first-order chi connectivity index (χ1) is 8.39. The van der Waals surface area contributed by atoms with Gasteiger partial charge < -0.3 is 4.74 Å². The summed E-state index contributed by atoms with van der Waals surface area (Å²) in [6, 6.07) is 6.33. The molecular weight excluding hydrogens is 252 g/mol. The van der Waals surface area contributed by atoms with Crippen molar-refractivity contribution in [3.8, 4) is 0 Å². The molecular formula is C13H16O4S. The van der Waals surface area contributed by atoms with Gasteiger partial charge in [-0.1, -0.05) is 17.7 Å². The maximum absolute atomic E-state index is 12.2. The lowest BCUT2D eigenvalue weighted by molar-refractivity contribution is -0.113. The van der Waals surface area contributed by atoms with Gasteiger partial charge in [-0.15, -0.1) is 0 Å². The highest BCUT2D eigenvalue weighted by Gasteiger charge is 2.24. The van der Waals surface area contributed by atoms with E-state index in [9.17, 15) is 13.2 Å². The molecule has 0 saturated carbocycles. The number of carbonyl (C=O) groups excluding carboxylic acids is 1. The molecule has 0 saturated heterocycles. The summed E-state index contributed by atoms with van der Waals surface area (Å²) in [7, 11) is -3.80. The number of benzene rings is 1. The molecule has 98 valence electrons. The fourth-order valence-electron chi connectivity index (χ4n) is 1.34. The molecule has 0 unspecified atom stereocenters. The number of rotatable bonds is 5. The van der Waals surface area contributed by atoms with Crippen molar-refractivity contribution >= 4 is 15.6 Å². The fourth-order valence-corrected chi connectivity index (χ4v) is 2.66. The van der Waals surface area contributed by atoms with E-state index in [0.29, 0.717) is 6.61 Å². The summed E-state index contributed by atoms with van der Waals surface area (Å²) in [6.07, 6.45) is 1.01. The first-order valence-corrected chi connectivity index (χ1v) is 7.02. The highest BCUT2D eigenvalue weighted by Crippen LogP contribution is 2.20. The SMILES string of the molecule is CCO/C=C(\C(C)=O)S(=O)(=O)c1ccc(C)cc1. The third-order valence-corrected chi connectivity index (χ3v) is 4.18. The summed E-state index contributed by atoms with van der Waals surface area (Å²) in [5.41, 5.74) is 0.951. The summed E-state index contributed by atoms with van der Waals surface area (Å²) in [4.78, 5) is 11.2. The Bertz CT molecular complexity index is 553. The van der Waals surface area contributed by atoms with Crippen molar-refractivity contribution in [1.82, 2.24) is 0 Å². The molecule has 1 aromatic rings. The van der Waals surface area contributed by atoms with E-state index in [4.69, 9.17) is 4.74 Å². The van der Waals surface area contributed by atoms with Gasteiger partial charge in [-0.2, -0.15) is 0 Å². The molecule has 0 aliphatic carbocycles. The van der Waals surface area contributed by atoms with Crippen molar-refractivity contribution in [3.05, 3.63) is 41.0 Å². The van der Waals surface area contributed by atoms with E-state index < -0.39 is 15.6 Å². The lowest BCUT2D eigenvalue weighted by Crippen LogP contribution is -2.12. The Kier molecular flexibility index (Phi) is 4.67. The third kappa shape index (κ3) is 3.20. The maximum Gasteiger partial charge on any atom is 0.213 e. The van der Waals surface area contributed by atoms with E-state index in [1.54, 1.807) is 19.1 Å². The molecule has 5 heteroatoms. The second kappa shape index (κ2) is 5.82. The second-order valence-corrected chi connectivity index (χ2v) is 5.73. The monoisotopic (exact) mass is 268 g/mol. The number of Topliss-reactive ketones (excluding diaryl/α,β-unsaturated/α-hetero) is 1. The van der Waals surface area contributed by atoms with Crippen molar-refractivity contribution in [2.75, 3.05) is 6.61 Å². The molecule has 0 radical (unpaired) electrons. The van der Waals surface area contributed by atoms with Crippen LogP contribution in [0.4, 0.5) is 0 Å². The van der Waals surface area contributed by atoms with Gasteiger partial charge in [-0.3, -0.25) is 4.79 Å². The fraction of sp³-hybridized carbons (Fsp3) is 0.308. The van der Waals surface area contributed by atoms with Crippen LogP contribution < -0.4 is 0 Å². The van der Waals surface area contributed by atoms with Crippen LogP contribution in [0.1, 0.15) is 19.4 Å². The predicted molar refractivity (Wildman–Crippen MR) is 68.8 cm³/mol. The normalized spacial score (nSPS) is 12.3. The number of hydrogen-bond acceptors (Lipinski definition) is 4. The molecule has 0 atom stereocenters. The zero-order valence-electron chi connectivity index (χ0n) is 10.6. The number of allylic oxidation sites excluding steroid dienone is 1. The van der Waals surface area contributed by atoms with Crippen LogP contribution in [0.5, 0.6) is 0 Å². The van der Waals surface area contributed by atoms with Gasteiger partial charge >= 0.3 is 0 Å².